The number of fused-ring (bicyclic) bond motifs is 2. The first-order valence-corrected chi connectivity index (χ1v) is 10.6. The number of aromatic amines is 2. The third-order valence-electron chi connectivity index (χ3n) is 5.30. The molecule has 9 heteroatoms. The van der Waals surface area contributed by atoms with Gasteiger partial charge in [0.15, 0.2) is 0 Å². The molecule has 0 spiro atoms. The SMILES string of the molecule is C[C@H](NC(=O)Cc1n[nH]c(=O)c2ccccc12)C(=O)NCCc1c[nH]c2ccc(Cl)cc12. The molecule has 0 bridgehead atoms. The van der Waals surface area contributed by atoms with Gasteiger partial charge in [0, 0.05) is 34.1 Å². The highest BCUT2D eigenvalue weighted by atomic mass is 35.5. The summed E-state index contributed by atoms with van der Waals surface area (Å²) in [6.07, 6.45) is 2.48. The molecule has 0 radical (unpaired) electrons. The van der Waals surface area contributed by atoms with Crippen LogP contribution in [0.2, 0.25) is 5.02 Å². The Hall–Kier alpha value is -3.65. The number of carbonyl (C=O) groups is 2. The lowest BCUT2D eigenvalue weighted by Crippen LogP contribution is -2.45. The number of H-pyrrole nitrogens is 2. The van der Waals surface area contributed by atoms with E-state index in [0.29, 0.717) is 34.5 Å². The maximum atomic E-state index is 12.5. The molecule has 1 atom stereocenters. The lowest BCUT2D eigenvalue weighted by atomic mass is 10.1. The third kappa shape index (κ3) is 4.65. The number of aromatic nitrogens is 3. The van der Waals surface area contributed by atoms with Crippen LogP contribution in [0.15, 0.2) is 53.5 Å². The highest BCUT2D eigenvalue weighted by Crippen LogP contribution is 2.22. The van der Waals surface area contributed by atoms with Gasteiger partial charge in [-0.05, 0) is 43.2 Å². The first-order chi connectivity index (χ1) is 15.4. The predicted octanol–water partition coefficient (Wildman–Crippen LogP) is 2.46. The molecule has 0 aliphatic heterocycles. The molecule has 0 saturated heterocycles. The summed E-state index contributed by atoms with van der Waals surface area (Å²) >= 11 is 6.07. The van der Waals surface area contributed by atoms with E-state index in [1.54, 1.807) is 31.2 Å². The molecule has 0 saturated carbocycles. The fourth-order valence-electron chi connectivity index (χ4n) is 3.65. The predicted molar refractivity (Wildman–Crippen MR) is 124 cm³/mol. The van der Waals surface area contributed by atoms with Crippen LogP contribution in [0.25, 0.3) is 21.7 Å². The monoisotopic (exact) mass is 451 g/mol. The van der Waals surface area contributed by atoms with Gasteiger partial charge in [-0.1, -0.05) is 29.8 Å². The molecular weight excluding hydrogens is 430 g/mol. The molecule has 8 nitrogen and oxygen atoms in total. The molecule has 4 aromatic rings. The zero-order valence-electron chi connectivity index (χ0n) is 17.4. The molecule has 2 amide bonds. The smallest absolute Gasteiger partial charge is 0.272 e. The molecule has 0 unspecified atom stereocenters. The number of hydrogen-bond donors (Lipinski definition) is 4. The molecule has 4 N–H and O–H groups in total. The second-order valence-electron chi connectivity index (χ2n) is 7.56. The molecule has 2 aromatic carbocycles. The second-order valence-corrected chi connectivity index (χ2v) is 7.99. The third-order valence-corrected chi connectivity index (χ3v) is 5.53. The van der Waals surface area contributed by atoms with E-state index in [9.17, 15) is 14.4 Å². The van der Waals surface area contributed by atoms with Crippen molar-refractivity contribution in [2.45, 2.75) is 25.8 Å². The van der Waals surface area contributed by atoms with Gasteiger partial charge in [-0.15, -0.1) is 0 Å². The zero-order chi connectivity index (χ0) is 22.7. The number of hydrogen-bond acceptors (Lipinski definition) is 4. The van der Waals surface area contributed by atoms with Gasteiger partial charge in [-0.3, -0.25) is 14.4 Å². The van der Waals surface area contributed by atoms with Crippen LogP contribution in [0, 0.1) is 0 Å². The minimum Gasteiger partial charge on any atom is -0.361 e. The number of nitrogens with one attached hydrogen (secondary N) is 4. The lowest BCUT2D eigenvalue weighted by Gasteiger charge is -2.14. The average molecular weight is 452 g/mol. The molecule has 0 aliphatic rings. The standard InChI is InChI=1S/C23H22ClN5O3/c1-13(22(31)25-9-8-14-12-26-19-7-6-15(24)10-18(14)19)27-21(30)11-20-16-4-2-3-5-17(16)23(32)29-28-20/h2-7,10,12-13,26H,8-9,11H2,1H3,(H,25,31)(H,27,30)(H,29,32)/t13-/m0/s1. The van der Waals surface area contributed by atoms with Crippen LogP contribution in [0.3, 0.4) is 0 Å². The molecule has 2 heterocycles. The van der Waals surface area contributed by atoms with E-state index in [2.05, 4.69) is 25.8 Å². The van der Waals surface area contributed by atoms with Crippen molar-refractivity contribution in [2.75, 3.05) is 6.54 Å². The van der Waals surface area contributed by atoms with Crippen LogP contribution in [0.4, 0.5) is 0 Å². The van der Waals surface area contributed by atoms with Crippen molar-refractivity contribution >= 4 is 45.1 Å². The van der Waals surface area contributed by atoms with Gasteiger partial charge < -0.3 is 15.6 Å². The van der Waals surface area contributed by atoms with Gasteiger partial charge >= 0.3 is 0 Å². The topological polar surface area (TPSA) is 120 Å². The van der Waals surface area contributed by atoms with Crippen LogP contribution in [0.1, 0.15) is 18.2 Å². The summed E-state index contributed by atoms with van der Waals surface area (Å²) in [5.41, 5.74) is 2.17. The highest BCUT2D eigenvalue weighted by Gasteiger charge is 2.17. The Bertz CT molecular complexity index is 1360. The van der Waals surface area contributed by atoms with Gasteiger partial charge in [0.2, 0.25) is 11.8 Å². The summed E-state index contributed by atoms with van der Waals surface area (Å²) in [6.45, 7) is 2.04. The van der Waals surface area contributed by atoms with Crippen molar-refractivity contribution in [1.29, 1.82) is 0 Å². The zero-order valence-corrected chi connectivity index (χ0v) is 18.1. The normalized spacial score (nSPS) is 12.1. The Morgan fingerprint density at radius 3 is 2.72 bits per heavy atom. The van der Waals surface area contributed by atoms with E-state index >= 15 is 0 Å². The van der Waals surface area contributed by atoms with Crippen molar-refractivity contribution in [1.82, 2.24) is 25.8 Å². The van der Waals surface area contributed by atoms with Crippen molar-refractivity contribution in [3.05, 3.63) is 75.3 Å². The summed E-state index contributed by atoms with van der Waals surface area (Å²) in [7, 11) is 0. The Labute approximate surface area is 188 Å². The van der Waals surface area contributed by atoms with Gasteiger partial charge in [0.1, 0.15) is 6.04 Å². The highest BCUT2D eigenvalue weighted by molar-refractivity contribution is 6.31. The number of nitrogens with zero attached hydrogens (tertiary/aromatic N) is 1. The molecule has 4 rings (SSSR count). The van der Waals surface area contributed by atoms with E-state index in [1.807, 2.05) is 24.4 Å². The lowest BCUT2D eigenvalue weighted by molar-refractivity contribution is -0.128. The number of benzene rings is 2. The van der Waals surface area contributed by atoms with Crippen LogP contribution in [-0.2, 0) is 22.4 Å². The number of carbonyl (C=O) groups excluding carboxylic acids is 2. The molecular formula is C23H22ClN5O3. The Kier molecular flexibility index (Phi) is 6.23. The number of halogens is 1. The van der Waals surface area contributed by atoms with Crippen molar-refractivity contribution < 1.29 is 9.59 Å². The first kappa shape index (κ1) is 21.6. The molecule has 0 aliphatic carbocycles. The largest absolute Gasteiger partial charge is 0.361 e. The Morgan fingerprint density at radius 2 is 1.91 bits per heavy atom. The molecule has 32 heavy (non-hydrogen) atoms. The minimum atomic E-state index is -0.714. The summed E-state index contributed by atoms with van der Waals surface area (Å²) in [6, 6.07) is 11.9. The van der Waals surface area contributed by atoms with E-state index in [0.717, 1.165) is 16.5 Å². The van der Waals surface area contributed by atoms with E-state index in [1.165, 1.54) is 0 Å². The van der Waals surface area contributed by atoms with Crippen LogP contribution in [0.5, 0.6) is 0 Å². The quantitative estimate of drug-likeness (QED) is 0.345. The molecule has 0 fully saturated rings. The van der Waals surface area contributed by atoms with Gasteiger partial charge in [-0.2, -0.15) is 5.10 Å². The fourth-order valence-corrected chi connectivity index (χ4v) is 3.82. The Morgan fingerprint density at radius 1 is 1.12 bits per heavy atom. The second kappa shape index (κ2) is 9.23. The average Bonchev–Trinajstić information content (AvgIpc) is 3.17. The first-order valence-electron chi connectivity index (χ1n) is 10.2. The summed E-state index contributed by atoms with van der Waals surface area (Å²) in [5, 5.41) is 14.7. The summed E-state index contributed by atoms with van der Waals surface area (Å²) in [4.78, 5) is 39.9. The van der Waals surface area contributed by atoms with Crippen molar-refractivity contribution in [2.24, 2.45) is 0 Å². The van der Waals surface area contributed by atoms with Gasteiger partial charge in [0.05, 0.1) is 17.5 Å². The Balaban J connectivity index is 1.31. The number of amides is 2. The van der Waals surface area contributed by atoms with E-state index in [4.69, 9.17) is 11.6 Å². The van der Waals surface area contributed by atoms with Crippen LogP contribution < -0.4 is 16.2 Å². The number of rotatable bonds is 7. The van der Waals surface area contributed by atoms with Crippen molar-refractivity contribution in [3.63, 3.8) is 0 Å². The van der Waals surface area contributed by atoms with Gasteiger partial charge in [-0.25, -0.2) is 5.10 Å². The minimum absolute atomic E-state index is 0.0506. The van der Waals surface area contributed by atoms with E-state index in [-0.39, 0.29) is 23.8 Å². The maximum absolute atomic E-state index is 12.5. The van der Waals surface area contributed by atoms with Gasteiger partial charge in [0.25, 0.3) is 5.56 Å². The summed E-state index contributed by atoms with van der Waals surface area (Å²) < 4.78 is 0. The summed E-state index contributed by atoms with van der Waals surface area (Å²) in [5.74, 6) is -0.640. The maximum Gasteiger partial charge on any atom is 0.272 e. The molecule has 2 aromatic heterocycles. The fraction of sp³-hybridized carbons (Fsp3) is 0.217. The van der Waals surface area contributed by atoms with E-state index < -0.39 is 6.04 Å². The van der Waals surface area contributed by atoms with Crippen LogP contribution in [-0.4, -0.2) is 39.6 Å². The molecule has 164 valence electrons. The van der Waals surface area contributed by atoms with Crippen molar-refractivity contribution in [3.8, 4) is 0 Å². The van der Waals surface area contributed by atoms with Crippen LogP contribution >= 0.6 is 11.6 Å².